The molecule has 0 atom stereocenters. The number of benzene rings is 1. The number of hydrogen-bond acceptors (Lipinski definition) is 6. The SMILES string of the molecule is COc1cccc(-c2cnnc(NCCCN3CCCC3=O)n2)c1. The van der Waals surface area contributed by atoms with Crippen LogP contribution in [0.15, 0.2) is 30.5 Å². The molecule has 1 saturated heterocycles. The minimum Gasteiger partial charge on any atom is -0.497 e. The summed E-state index contributed by atoms with van der Waals surface area (Å²) in [4.78, 5) is 17.9. The first-order chi connectivity index (χ1) is 11.8. The van der Waals surface area contributed by atoms with Crippen LogP contribution in [0, 0.1) is 0 Å². The van der Waals surface area contributed by atoms with Crippen molar-refractivity contribution < 1.29 is 9.53 Å². The molecular formula is C17H21N5O2. The van der Waals surface area contributed by atoms with Gasteiger partial charge in [-0.25, -0.2) is 4.98 Å². The molecule has 1 fully saturated rings. The van der Waals surface area contributed by atoms with Gasteiger partial charge in [0.1, 0.15) is 5.75 Å². The Labute approximate surface area is 141 Å². The van der Waals surface area contributed by atoms with Gasteiger partial charge in [0, 0.05) is 31.6 Å². The van der Waals surface area contributed by atoms with E-state index in [1.807, 2.05) is 29.2 Å². The zero-order valence-electron chi connectivity index (χ0n) is 13.7. The van der Waals surface area contributed by atoms with Crippen molar-refractivity contribution in [1.29, 1.82) is 0 Å². The van der Waals surface area contributed by atoms with Crippen molar-refractivity contribution in [1.82, 2.24) is 20.1 Å². The average molecular weight is 327 g/mol. The molecule has 7 nitrogen and oxygen atoms in total. The summed E-state index contributed by atoms with van der Waals surface area (Å²) < 4.78 is 5.23. The summed E-state index contributed by atoms with van der Waals surface area (Å²) in [5.74, 6) is 1.52. The van der Waals surface area contributed by atoms with E-state index in [9.17, 15) is 4.79 Å². The van der Waals surface area contributed by atoms with Gasteiger partial charge in [0.2, 0.25) is 11.9 Å². The Bertz CT molecular complexity index is 707. The van der Waals surface area contributed by atoms with Crippen molar-refractivity contribution in [3.63, 3.8) is 0 Å². The van der Waals surface area contributed by atoms with E-state index in [4.69, 9.17) is 4.74 Å². The molecule has 0 aliphatic carbocycles. The maximum Gasteiger partial charge on any atom is 0.243 e. The van der Waals surface area contributed by atoms with Crippen molar-refractivity contribution in [3.8, 4) is 17.0 Å². The van der Waals surface area contributed by atoms with Crippen molar-refractivity contribution in [2.45, 2.75) is 19.3 Å². The van der Waals surface area contributed by atoms with Crippen molar-refractivity contribution in [3.05, 3.63) is 30.5 Å². The summed E-state index contributed by atoms with van der Waals surface area (Å²) in [5, 5.41) is 11.2. The first-order valence-electron chi connectivity index (χ1n) is 8.12. The molecule has 1 aromatic carbocycles. The normalized spacial score (nSPS) is 14.0. The largest absolute Gasteiger partial charge is 0.497 e. The number of carbonyl (C=O) groups is 1. The summed E-state index contributed by atoms with van der Waals surface area (Å²) in [6, 6.07) is 7.66. The number of amides is 1. The van der Waals surface area contributed by atoms with Crippen LogP contribution in [0.1, 0.15) is 19.3 Å². The molecule has 1 N–H and O–H groups in total. The first-order valence-corrected chi connectivity index (χ1v) is 8.12. The number of rotatable bonds is 7. The smallest absolute Gasteiger partial charge is 0.243 e. The average Bonchev–Trinajstić information content (AvgIpc) is 3.04. The molecule has 126 valence electrons. The molecule has 1 aliphatic rings. The Morgan fingerprint density at radius 1 is 1.38 bits per heavy atom. The third-order valence-corrected chi connectivity index (χ3v) is 3.98. The van der Waals surface area contributed by atoms with E-state index in [-0.39, 0.29) is 5.91 Å². The quantitative estimate of drug-likeness (QED) is 0.783. The maximum atomic E-state index is 11.6. The maximum absolute atomic E-state index is 11.6. The monoisotopic (exact) mass is 327 g/mol. The Kier molecular flexibility index (Phi) is 5.20. The van der Waals surface area contributed by atoms with Crippen LogP contribution < -0.4 is 10.1 Å². The zero-order valence-corrected chi connectivity index (χ0v) is 13.7. The van der Waals surface area contributed by atoms with Crippen LogP contribution in [0.4, 0.5) is 5.95 Å². The third-order valence-electron chi connectivity index (χ3n) is 3.98. The topological polar surface area (TPSA) is 80.2 Å². The van der Waals surface area contributed by atoms with Gasteiger partial charge in [-0.1, -0.05) is 12.1 Å². The number of nitrogens with one attached hydrogen (secondary N) is 1. The number of likely N-dealkylation sites (tertiary alicyclic amines) is 1. The van der Waals surface area contributed by atoms with Gasteiger partial charge >= 0.3 is 0 Å². The molecule has 1 aromatic heterocycles. The van der Waals surface area contributed by atoms with Gasteiger partial charge in [0.25, 0.3) is 0 Å². The number of hydrogen-bond donors (Lipinski definition) is 1. The molecule has 24 heavy (non-hydrogen) atoms. The van der Waals surface area contributed by atoms with E-state index in [1.54, 1.807) is 13.3 Å². The number of methoxy groups -OCH3 is 1. The predicted octanol–water partition coefficient (Wildman–Crippen LogP) is 1.97. The van der Waals surface area contributed by atoms with Crippen LogP contribution in [0.2, 0.25) is 0 Å². The van der Waals surface area contributed by atoms with Gasteiger partial charge < -0.3 is 15.0 Å². The molecule has 2 aromatic rings. The second kappa shape index (κ2) is 7.72. The second-order valence-electron chi connectivity index (χ2n) is 5.66. The molecule has 1 aliphatic heterocycles. The molecule has 2 heterocycles. The molecule has 0 unspecified atom stereocenters. The summed E-state index contributed by atoms with van der Waals surface area (Å²) in [6.07, 6.45) is 4.15. The van der Waals surface area contributed by atoms with Gasteiger partial charge in [0.15, 0.2) is 0 Å². The molecule has 7 heteroatoms. The molecule has 0 spiro atoms. The van der Waals surface area contributed by atoms with E-state index < -0.39 is 0 Å². The molecule has 1 amide bonds. The Morgan fingerprint density at radius 2 is 2.29 bits per heavy atom. The number of carbonyl (C=O) groups excluding carboxylic acids is 1. The highest BCUT2D eigenvalue weighted by Crippen LogP contribution is 2.21. The summed E-state index contributed by atoms with van der Waals surface area (Å²) in [7, 11) is 1.63. The van der Waals surface area contributed by atoms with Crippen LogP contribution in [0.25, 0.3) is 11.3 Å². The van der Waals surface area contributed by atoms with E-state index in [1.165, 1.54) is 0 Å². The van der Waals surface area contributed by atoms with Crippen LogP contribution in [0.5, 0.6) is 5.75 Å². The molecule has 0 bridgehead atoms. The lowest BCUT2D eigenvalue weighted by atomic mass is 10.1. The lowest BCUT2D eigenvalue weighted by Crippen LogP contribution is -2.27. The van der Waals surface area contributed by atoms with Crippen LogP contribution in [0.3, 0.4) is 0 Å². The molecular weight excluding hydrogens is 306 g/mol. The van der Waals surface area contributed by atoms with Gasteiger partial charge in [0.05, 0.1) is 19.0 Å². The lowest BCUT2D eigenvalue weighted by Gasteiger charge is -2.15. The zero-order chi connectivity index (χ0) is 16.8. The fraction of sp³-hybridized carbons (Fsp3) is 0.412. The number of ether oxygens (including phenoxy) is 1. The Hall–Kier alpha value is -2.70. The van der Waals surface area contributed by atoms with Crippen molar-refractivity contribution >= 4 is 11.9 Å². The van der Waals surface area contributed by atoms with E-state index in [0.717, 1.165) is 42.9 Å². The number of anilines is 1. The van der Waals surface area contributed by atoms with E-state index in [2.05, 4.69) is 20.5 Å². The van der Waals surface area contributed by atoms with Crippen LogP contribution in [-0.4, -0.2) is 52.7 Å². The number of aromatic nitrogens is 3. The van der Waals surface area contributed by atoms with E-state index in [0.29, 0.717) is 18.9 Å². The molecule has 0 saturated carbocycles. The van der Waals surface area contributed by atoms with Gasteiger partial charge in [-0.3, -0.25) is 4.79 Å². The Balaban J connectivity index is 1.56. The summed E-state index contributed by atoms with van der Waals surface area (Å²) in [5.41, 5.74) is 1.66. The molecule has 0 radical (unpaired) electrons. The summed E-state index contributed by atoms with van der Waals surface area (Å²) >= 11 is 0. The highest BCUT2D eigenvalue weighted by molar-refractivity contribution is 5.78. The van der Waals surface area contributed by atoms with Gasteiger partial charge in [-0.05, 0) is 25.0 Å². The van der Waals surface area contributed by atoms with Gasteiger partial charge in [-0.2, -0.15) is 5.10 Å². The lowest BCUT2D eigenvalue weighted by molar-refractivity contribution is -0.127. The van der Waals surface area contributed by atoms with Crippen LogP contribution >= 0.6 is 0 Å². The van der Waals surface area contributed by atoms with Crippen molar-refractivity contribution in [2.24, 2.45) is 0 Å². The first kappa shape index (κ1) is 16.2. The highest BCUT2D eigenvalue weighted by atomic mass is 16.5. The minimum absolute atomic E-state index is 0.257. The highest BCUT2D eigenvalue weighted by Gasteiger charge is 2.18. The second-order valence-corrected chi connectivity index (χ2v) is 5.66. The van der Waals surface area contributed by atoms with Crippen molar-refractivity contribution in [2.75, 3.05) is 32.1 Å². The van der Waals surface area contributed by atoms with E-state index >= 15 is 0 Å². The predicted molar refractivity (Wildman–Crippen MR) is 90.7 cm³/mol. The number of nitrogens with zero attached hydrogens (tertiary/aromatic N) is 4. The third kappa shape index (κ3) is 3.98. The summed E-state index contributed by atoms with van der Waals surface area (Å²) in [6.45, 7) is 2.35. The Morgan fingerprint density at radius 3 is 3.08 bits per heavy atom. The fourth-order valence-corrected chi connectivity index (χ4v) is 2.71. The minimum atomic E-state index is 0.257. The standard InChI is InChI=1S/C17H21N5O2/c1-24-14-6-2-5-13(11-14)15-12-19-21-17(20-15)18-8-4-10-22-9-3-7-16(22)23/h2,5-6,11-12H,3-4,7-10H2,1H3,(H,18,20,21). The van der Waals surface area contributed by atoms with Gasteiger partial charge in [-0.15, -0.1) is 5.10 Å². The van der Waals surface area contributed by atoms with Crippen LogP contribution in [-0.2, 0) is 4.79 Å². The fourth-order valence-electron chi connectivity index (χ4n) is 2.71. The molecule has 3 rings (SSSR count).